The highest BCUT2D eigenvalue weighted by Gasteiger charge is 2.29. The van der Waals surface area contributed by atoms with Crippen LogP contribution in [0.1, 0.15) is 12.1 Å². The van der Waals surface area contributed by atoms with Crippen molar-refractivity contribution in [2.24, 2.45) is 0 Å². The SMILES string of the molecule is Cc1nc(N2CC(S)CC2=O)ccc1Br. The van der Waals surface area contributed by atoms with Crippen LogP contribution in [-0.2, 0) is 4.79 Å². The van der Waals surface area contributed by atoms with Crippen LogP contribution >= 0.6 is 28.6 Å². The maximum Gasteiger partial charge on any atom is 0.229 e. The lowest BCUT2D eigenvalue weighted by Gasteiger charge is -2.15. The number of pyridine rings is 1. The summed E-state index contributed by atoms with van der Waals surface area (Å²) in [4.78, 5) is 17.7. The van der Waals surface area contributed by atoms with Crippen LogP contribution < -0.4 is 4.90 Å². The average Bonchev–Trinajstić information content (AvgIpc) is 2.50. The second-order valence-corrected chi connectivity index (χ2v) is 5.18. The van der Waals surface area contributed by atoms with Crippen molar-refractivity contribution in [1.82, 2.24) is 4.98 Å². The fraction of sp³-hybridized carbons (Fsp3) is 0.400. The molecule has 5 heteroatoms. The molecule has 1 aliphatic heterocycles. The van der Waals surface area contributed by atoms with Crippen LogP contribution in [0.5, 0.6) is 0 Å². The summed E-state index contributed by atoms with van der Waals surface area (Å²) < 4.78 is 0.959. The maximum atomic E-state index is 11.6. The normalized spacial score (nSPS) is 21.1. The zero-order valence-electron chi connectivity index (χ0n) is 8.27. The molecule has 1 fully saturated rings. The van der Waals surface area contributed by atoms with Crippen LogP contribution in [-0.4, -0.2) is 22.7 Å². The minimum atomic E-state index is 0.101. The Kier molecular flexibility index (Phi) is 3.02. The van der Waals surface area contributed by atoms with Gasteiger partial charge in [0.1, 0.15) is 5.82 Å². The van der Waals surface area contributed by atoms with E-state index in [1.807, 2.05) is 19.1 Å². The molecule has 0 saturated carbocycles. The lowest BCUT2D eigenvalue weighted by molar-refractivity contribution is -0.117. The van der Waals surface area contributed by atoms with Gasteiger partial charge in [0.2, 0.25) is 5.91 Å². The Morgan fingerprint density at radius 3 is 2.87 bits per heavy atom. The number of aromatic nitrogens is 1. The fourth-order valence-electron chi connectivity index (χ4n) is 1.59. The first-order valence-electron chi connectivity index (χ1n) is 4.69. The maximum absolute atomic E-state index is 11.6. The molecule has 0 aromatic carbocycles. The number of hydrogen-bond acceptors (Lipinski definition) is 3. The highest BCUT2D eigenvalue weighted by molar-refractivity contribution is 9.10. The predicted molar refractivity (Wildman–Crippen MR) is 66.4 cm³/mol. The van der Waals surface area contributed by atoms with Crippen LogP contribution in [0.4, 0.5) is 5.82 Å². The monoisotopic (exact) mass is 286 g/mol. The highest BCUT2D eigenvalue weighted by atomic mass is 79.9. The number of thiol groups is 1. The Bertz CT molecular complexity index is 410. The van der Waals surface area contributed by atoms with Crippen LogP contribution in [0.25, 0.3) is 0 Å². The van der Waals surface area contributed by atoms with Gasteiger partial charge in [0.05, 0.1) is 5.69 Å². The van der Waals surface area contributed by atoms with Crippen molar-refractivity contribution >= 4 is 40.3 Å². The van der Waals surface area contributed by atoms with Gasteiger partial charge in [-0.25, -0.2) is 4.98 Å². The summed E-state index contributed by atoms with van der Waals surface area (Å²) in [5.41, 5.74) is 0.892. The van der Waals surface area contributed by atoms with Gasteiger partial charge < -0.3 is 0 Å². The summed E-state index contributed by atoms with van der Waals surface area (Å²) in [7, 11) is 0. The molecule has 1 amide bonds. The number of hydrogen-bond donors (Lipinski definition) is 1. The summed E-state index contributed by atoms with van der Waals surface area (Å²) in [6, 6.07) is 3.76. The van der Waals surface area contributed by atoms with Gasteiger partial charge in [-0.15, -0.1) is 0 Å². The molecule has 80 valence electrons. The van der Waals surface area contributed by atoms with E-state index in [9.17, 15) is 4.79 Å². The van der Waals surface area contributed by atoms with E-state index in [1.165, 1.54) is 0 Å². The summed E-state index contributed by atoms with van der Waals surface area (Å²) in [5, 5.41) is 0.128. The Labute approximate surface area is 102 Å². The van der Waals surface area contributed by atoms with E-state index in [1.54, 1.807) is 4.90 Å². The number of nitrogens with zero attached hydrogens (tertiary/aromatic N) is 2. The fourth-order valence-corrected chi connectivity index (χ4v) is 2.13. The van der Waals surface area contributed by atoms with Crippen molar-refractivity contribution in [3.63, 3.8) is 0 Å². The molecule has 0 aliphatic carbocycles. The van der Waals surface area contributed by atoms with Gasteiger partial charge in [-0.3, -0.25) is 9.69 Å². The summed E-state index contributed by atoms with van der Waals surface area (Å²) >= 11 is 7.69. The zero-order chi connectivity index (χ0) is 11.0. The van der Waals surface area contributed by atoms with Crippen molar-refractivity contribution in [2.75, 3.05) is 11.4 Å². The van der Waals surface area contributed by atoms with E-state index >= 15 is 0 Å². The van der Waals surface area contributed by atoms with E-state index in [0.717, 1.165) is 16.0 Å². The quantitative estimate of drug-likeness (QED) is 0.803. The van der Waals surface area contributed by atoms with Crippen LogP contribution in [0.2, 0.25) is 0 Å². The molecule has 15 heavy (non-hydrogen) atoms. The van der Waals surface area contributed by atoms with Crippen LogP contribution in [0.3, 0.4) is 0 Å². The van der Waals surface area contributed by atoms with Gasteiger partial charge >= 0.3 is 0 Å². The van der Waals surface area contributed by atoms with Gasteiger partial charge in [-0.05, 0) is 35.0 Å². The molecule has 0 N–H and O–H groups in total. The highest BCUT2D eigenvalue weighted by Crippen LogP contribution is 2.24. The standard InChI is InChI=1S/C10H11BrN2OS/c1-6-8(11)2-3-9(12-6)13-5-7(15)4-10(13)14/h2-3,7,15H,4-5H2,1H3. The van der Waals surface area contributed by atoms with E-state index in [-0.39, 0.29) is 11.2 Å². The molecule has 2 heterocycles. The second-order valence-electron chi connectivity index (χ2n) is 3.60. The molecule has 1 aromatic rings. The second kappa shape index (κ2) is 4.14. The molecule has 1 aliphatic rings. The largest absolute Gasteiger partial charge is 0.296 e. The van der Waals surface area contributed by atoms with Crippen LogP contribution in [0, 0.1) is 6.92 Å². The average molecular weight is 287 g/mol. The summed E-state index contributed by atoms with van der Waals surface area (Å²) in [6.45, 7) is 2.56. The number of halogens is 1. The lowest BCUT2D eigenvalue weighted by Crippen LogP contribution is -2.25. The van der Waals surface area contributed by atoms with E-state index < -0.39 is 0 Å². The van der Waals surface area contributed by atoms with E-state index in [4.69, 9.17) is 0 Å². The minimum Gasteiger partial charge on any atom is -0.296 e. The number of carbonyl (C=O) groups excluding carboxylic acids is 1. The molecule has 0 bridgehead atoms. The number of carbonyl (C=O) groups is 1. The molecule has 1 aromatic heterocycles. The van der Waals surface area contributed by atoms with E-state index in [0.29, 0.717) is 13.0 Å². The smallest absolute Gasteiger partial charge is 0.229 e. The van der Waals surface area contributed by atoms with Crippen LogP contribution in [0.15, 0.2) is 16.6 Å². The van der Waals surface area contributed by atoms with Gasteiger partial charge in [0.15, 0.2) is 0 Å². The Hall–Kier alpha value is -0.550. The summed E-state index contributed by atoms with van der Waals surface area (Å²) in [6.07, 6.45) is 0.500. The van der Waals surface area contributed by atoms with Crippen molar-refractivity contribution < 1.29 is 4.79 Å². The molecule has 3 nitrogen and oxygen atoms in total. The van der Waals surface area contributed by atoms with Gasteiger partial charge in [-0.1, -0.05) is 0 Å². The predicted octanol–water partition coefficient (Wildman–Crippen LogP) is 2.19. The van der Waals surface area contributed by atoms with Crippen molar-refractivity contribution in [2.45, 2.75) is 18.6 Å². The molecule has 0 spiro atoms. The Morgan fingerprint density at radius 2 is 2.33 bits per heavy atom. The molecule has 1 atom stereocenters. The Balaban J connectivity index is 2.30. The first-order chi connectivity index (χ1) is 7.08. The van der Waals surface area contributed by atoms with Gasteiger partial charge in [-0.2, -0.15) is 12.6 Å². The molecular formula is C10H11BrN2OS. The molecule has 1 unspecified atom stereocenters. The first-order valence-corrected chi connectivity index (χ1v) is 6.00. The first kappa shape index (κ1) is 11.0. The third-order valence-electron chi connectivity index (χ3n) is 2.39. The zero-order valence-corrected chi connectivity index (χ0v) is 10.8. The number of rotatable bonds is 1. The molecule has 1 saturated heterocycles. The topological polar surface area (TPSA) is 33.2 Å². The van der Waals surface area contributed by atoms with Crippen molar-refractivity contribution in [3.05, 3.63) is 22.3 Å². The van der Waals surface area contributed by atoms with Crippen molar-refractivity contribution in [3.8, 4) is 0 Å². The van der Waals surface area contributed by atoms with Gasteiger partial charge in [0, 0.05) is 22.7 Å². The summed E-state index contributed by atoms with van der Waals surface area (Å²) in [5.74, 6) is 0.821. The lowest BCUT2D eigenvalue weighted by atomic mass is 10.3. The van der Waals surface area contributed by atoms with Crippen molar-refractivity contribution in [1.29, 1.82) is 0 Å². The third kappa shape index (κ3) is 2.18. The van der Waals surface area contributed by atoms with Gasteiger partial charge in [0.25, 0.3) is 0 Å². The van der Waals surface area contributed by atoms with E-state index in [2.05, 4.69) is 33.5 Å². The number of amides is 1. The molecule has 0 radical (unpaired) electrons. The molecular weight excluding hydrogens is 276 g/mol. The minimum absolute atomic E-state index is 0.101. The molecule has 2 rings (SSSR count). The number of aryl methyl sites for hydroxylation is 1. The third-order valence-corrected chi connectivity index (χ3v) is 3.57. The Morgan fingerprint density at radius 1 is 1.60 bits per heavy atom. The number of anilines is 1.